The number of piperazine rings is 1. The number of anilines is 1. The molecule has 0 radical (unpaired) electrons. The first-order valence-electron chi connectivity index (χ1n) is 8.61. The summed E-state index contributed by atoms with van der Waals surface area (Å²) in [6, 6.07) is 12.5. The molecule has 0 saturated carbocycles. The fourth-order valence-electron chi connectivity index (χ4n) is 2.68. The first-order chi connectivity index (χ1) is 13.9. The quantitative estimate of drug-likeness (QED) is 0.349. The molecule has 1 saturated heterocycles. The van der Waals surface area contributed by atoms with Gasteiger partial charge < -0.3 is 15.5 Å². The summed E-state index contributed by atoms with van der Waals surface area (Å²) >= 11 is 0. The Morgan fingerprint density at radius 1 is 1.00 bits per heavy atom. The molecule has 4 amide bonds. The molecule has 1 heterocycles. The third kappa shape index (κ3) is 4.47. The lowest BCUT2D eigenvalue weighted by Crippen LogP contribution is -2.47. The van der Waals surface area contributed by atoms with E-state index in [2.05, 4.69) is 10.6 Å². The standard InChI is InChI=1S/C20H18N4O5/c1-24-16(20(28)21-11-17(24)25)10-12-2-4-13(5-3-12)18(26)22-15-8-6-14(7-9-15)19(27)23-29/h2-10,29H,11H2,1H3,(H,21,28)(H,22,26)(H,23,27)/b16-10-. The van der Waals surface area contributed by atoms with Crippen molar-refractivity contribution in [2.45, 2.75) is 0 Å². The topological polar surface area (TPSA) is 128 Å². The van der Waals surface area contributed by atoms with Crippen LogP contribution < -0.4 is 16.1 Å². The summed E-state index contributed by atoms with van der Waals surface area (Å²) < 4.78 is 0. The fourth-order valence-corrected chi connectivity index (χ4v) is 2.68. The molecule has 0 aliphatic carbocycles. The van der Waals surface area contributed by atoms with Crippen molar-refractivity contribution in [3.63, 3.8) is 0 Å². The summed E-state index contributed by atoms with van der Waals surface area (Å²) in [7, 11) is 1.53. The van der Waals surface area contributed by atoms with Crippen LogP contribution in [-0.2, 0) is 9.59 Å². The van der Waals surface area contributed by atoms with E-state index in [-0.39, 0.29) is 35.5 Å². The van der Waals surface area contributed by atoms with Crippen molar-refractivity contribution >= 4 is 35.4 Å². The minimum atomic E-state index is -0.647. The molecule has 4 N–H and O–H groups in total. The van der Waals surface area contributed by atoms with E-state index in [4.69, 9.17) is 5.21 Å². The molecule has 148 valence electrons. The summed E-state index contributed by atoms with van der Waals surface area (Å²) in [4.78, 5) is 48.6. The summed E-state index contributed by atoms with van der Waals surface area (Å²) in [6.45, 7) is -0.0303. The van der Waals surface area contributed by atoms with Gasteiger partial charge in [0.25, 0.3) is 17.7 Å². The number of nitrogens with zero attached hydrogens (tertiary/aromatic N) is 1. The van der Waals surface area contributed by atoms with Gasteiger partial charge in [-0.15, -0.1) is 0 Å². The molecule has 3 rings (SSSR count). The number of hydrogen-bond donors (Lipinski definition) is 4. The van der Waals surface area contributed by atoms with Gasteiger partial charge in [-0.25, -0.2) is 5.48 Å². The highest BCUT2D eigenvalue weighted by Crippen LogP contribution is 2.16. The van der Waals surface area contributed by atoms with E-state index >= 15 is 0 Å². The second-order valence-electron chi connectivity index (χ2n) is 6.26. The Kier molecular flexibility index (Phi) is 5.70. The smallest absolute Gasteiger partial charge is 0.274 e. The van der Waals surface area contributed by atoms with Gasteiger partial charge in [0.2, 0.25) is 5.91 Å². The maximum Gasteiger partial charge on any atom is 0.274 e. The van der Waals surface area contributed by atoms with Crippen LogP contribution in [0.4, 0.5) is 5.69 Å². The molecule has 0 bridgehead atoms. The minimum Gasteiger partial charge on any atom is -0.342 e. The molecule has 1 aliphatic heterocycles. The average Bonchev–Trinajstić information content (AvgIpc) is 2.74. The van der Waals surface area contributed by atoms with Crippen molar-refractivity contribution in [2.24, 2.45) is 0 Å². The second kappa shape index (κ2) is 8.36. The number of nitrogens with one attached hydrogen (secondary N) is 3. The van der Waals surface area contributed by atoms with Gasteiger partial charge >= 0.3 is 0 Å². The van der Waals surface area contributed by atoms with Crippen molar-refractivity contribution in [3.05, 3.63) is 70.9 Å². The van der Waals surface area contributed by atoms with Crippen LogP contribution in [0, 0.1) is 0 Å². The molecule has 0 aromatic heterocycles. The van der Waals surface area contributed by atoms with E-state index in [1.165, 1.54) is 41.7 Å². The normalized spacial score (nSPS) is 15.1. The molecular weight excluding hydrogens is 376 g/mol. The van der Waals surface area contributed by atoms with Crippen LogP contribution in [0.1, 0.15) is 26.3 Å². The number of rotatable bonds is 4. The zero-order valence-electron chi connectivity index (χ0n) is 15.4. The molecular formula is C20H18N4O5. The number of benzene rings is 2. The molecule has 29 heavy (non-hydrogen) atoms. The third-order valence-corrected chi connectivity index (χ3v) is 4.35. The monoisotopic (exact) mass is 394 g/mol. The molecule has 2 aromatic carbocycles. The van der Waals surface area contributed by atoms with Gasteiger partial charge in [-0.2, -0.15) is 0 Å². The van der Waals surface area contributed by atoms with Crippen molar-refractivity contribution in [1.82, 2.24) is 15.7 Å². The highest BCUT2D eigenvalue weighted by atomic mass is 16.5. The first-order valence-corrected chi connectivity index (χ1v) is 8.61. The molecule has 0 atom stereocenters. The van der Waals surface area contributed by atoms with Crippen LogP contribution in [0.5, 0.6) is 0 Å². The Bertz CT molecular complexity index is 997. The van der Waals surface area contributed by atoms with Crippen LogP contribution in [0.25, 0.3) is 6.08 Å². The van der Waals surface area contributed by atoms with Crippen LogP contribution >= 0.6 is 0 Å². The Labute approximate surface area is 166 Å². The molecule has 2 aromatic rings. The molecule has 1 aliphatic rings. The number of likely N-dealkylation sites (N-methyl/N-ethyl adjacent to an activating group) is 1. The largest absolute Gasteiger partial charge is 0.342 e. The summed E-state index contributed by atoms with van der Waals surface area (Å²) in [5.41, 5.74) is 3.54. The Morgan fingerprint density at radius 3 is 2.21 bits per heavy atom. The van der Waals surface area contributed by atoms with E-state index in [0.717, 1.165) is 0 Å². The van der Waals surface area contributed by atoms with Gasteiger partial charge in [-0.1, -0.05) is 12.1 Å². The number of hydroxylamine groups is 1. The van der Waals surface area contributed by atoms with E-state index in [9.17, 15) is 19.2 Å². The lowest BCUT2D eigenvalue weighted by molar-refractivity contribution is -0.135. The number of carbonyl (C=O) groups is 4. The summed E-state index contributed by atoms with van der Waals surface area (Å²) in [6.07, 6.45) is 1.57. The van der Waals surface area contributed by atoms with Crippen LogP contribution in [-0.4, -0.2) is 47.3 Å². The molecule has 0 spiro atoms. The van der Waals surface area contributed by atoms with E-state index in [0.29, 0.717) is 16.8 Å². The predicted octanol–water partition coefficient (Wildman–Crippen LogP) is 0.987. The molecule has 1 fully saturated rings. The molecule has 9 heteroatoms. The average molecular weight is 394 g/mol. The van der Waals surface area contributed by atoms with Crippen LogP contribution in [0.15, 0.2) is 54.2 Å². The molecule has 9 nitrogen and oxygen atoms in total. The van der Waals surface area contributed by atoms with Gasteiger partial charge in [-0.3, -0.25) is 24.4 Å². The van der Waals surface area contributed by atoms with Crippen molar-refractivity contribution in [2.75, 3.05) is 18.9 Å². The van der Waals surface area contributed by atoms with Gasteiger partial charge in [0, 0.05) is 23.9 Å². The van der Waals surface area contributed by atoms with Gasteiger partial charge in [0.05, 0.1) is 6.54 Å². The lowest BCUT2D eigenvalue weighted by atomic mass is 10.1. The van der Waals surface area contributed by atoms with Crippen molar-refractivity contribution < 1.29 is 24.4 Å². The second-order valence-corrected chi connectivity index (χ2v) is 6.26. The zero-order valence-corrected chi connectivity index (χ0v) is 15.4. The Morgan fingerprint density at radius 2 is 1.59 bits per heavy atom. The van der Waals surface area contributed by atoms with Crippen molar-refractivity contribution in [3.8, 4) is 0 Å². The van der Waals surface area contributed by atoms with Gasteiger partial charge in [-0.05, 0) is 48.0 Å². The summed E-state index contributed by atoms with van der Waals surface area (Å²) in [5, 5.41) is 13.8. The molecule has 0 unspecified atom stereocenters. The fraction of sp³-hybridized carbons (Fsp3) is 0.100. The highest BCUT2D eigenvalue weighted by molar-refractivity contribution is 6.06. The Balaban J connectivity index is 1.70. The first kappa shape index (κ1) is 19.8. The van der Waals surface area contributed by atoms with E-state index < -0.39 is 5.91 Å². The minimum absolute atomic E-state index is 0.0303. The third-order valence-electron chi connectivity index (χ3n) is 4.35. The Hall–Kier alpha value is -3.98. The van der Waals surface area contributed by atoms with Crippen molar-refractivity contribution in [1.29, 1.82) is 0 Å². The number of hydrogen-bond acceptors (Lipinski definition) is 5. The number of carbonyl (C=O) groups excluding carboxylic acids is 4. The van der Waals surface area contributed by atoms with Gasteiger partial charge in [0.1, 0.15) is 5.70 Å². The van der Waals surface area contributed by atoms with E-state index in [1.54, 1.807) is 30.3 Å². The van der Waals surface area contributed by atoms with E-state index in [1.807, 2.05) is 0 Å². The predicted molar refractivity (Wildman–Crippen MR) is 104 cm³/mol. The van der Waals surface area contributed by atoms with Gasteiger partial charge in [0.15, 0.2) is 0 Å². The maximum absolute atomic E-state index is 12.4. The highest BCUT2D eigenvalue weighted by Gasteiger charge is 2.25. The maximum atomic E-state index is 12.4. The van der Waals surface area contributed by atoms with Crippen LogP contribution in [0.2, 0.25) is 0 Å². The summed E-state index contributed by atoms with van der Waals surface area (Å²) in [5.74, 6) is -1.56. The SMILES string of the molecule is CN1C(=O)CNC(=O)/C1=C/c1ccc(C(=O)Nc2ccc(C(=O)NO)cc2)cc1. The zero-order chi connectivity index (χ0) is 21.0. The van der Waals surface area contributed by atoms with Crippen LogP contribution in [0.3, 0.4) is 0 Å². The lowest BCUT2D eigenvalue weighted by Gasteiger charge is -2.25. The number of amides is 4.